The molecule has 1 aliphatic rings. The number of nitrogen functional groups attached to an aromatic ring is 1. The van der Waals surface area contributed by atoms with Crippen molar-refractivity contribution in [1.82, 2.24) is 15.0 Å². The van der Waals surface area contributed by atoms with Crippen molar-refractivity contribution in [2.24, 2.45) is 5.84 Å². The molecule has 1 aromatic rings. The van der Waals surface area contributed by atoms with Crippen molar-refractivity contribution < 1.29 is 4.74 Å². The number of aromatic nitrogens is 3. The fourth-order valence-corrected chi connectivity index (χ4v) is 2.18. The van der Waals surface area contributed by atoms with Gasteiger partial charge >= 0.3 is 6.01 Å². The standard InChI is InChI=1S/C11H20N6O/c1-18-11-15-9(14-10(16-11)17-12)13-8-6-4-2-3-5-7-8/h8H,2-7,12H2,1H3,(H2,13,14,15,16,17). The topological polar surface area (TPSA) is 98.0 Å². The van der Waals surface area contributed by atoms with Crippen LogP contribution in [0.5, 0.6) is 6.01 Å². The average molecular weight is 252 g/mol. The fourth-order valence-electron chi connectivity index (χ4n) is 2.18. The van der Waals surface area contributed by atoms with Crippen LogP contribution < -0.4 is 21.3 Å². The Morgan fingerprint density at radius 2 is 1.72 bits per heavy atom. The maximum absolute atomic E-state index is 5.31. The summed E-state index contributed by atoms with van der Waals surface area (Å²) < 4.78 is 5.01. The molecule has 0 aliphatic heterocycles. The van der Waals surface area contributed by atoms with Crippen LogP contribution >= 0.6 is 0 Å². The van der Waals surface area contributed by atoms with E-state index in [9.17, 15) is 0 Å². The quantitative estimate of drug-likeness (QED) is 0.422. The van der Waals surface area contributed by atoms with Gasteiger partial charge in [-0.05, 0) is 12.8 Å². The van der Waals surface area contributed by atoms with Crippen molar-refractivity contribution in [2.45, 2.75) is 44.6 Å². The van der Waals surface area contributed by atoms with Gasteiger partial charge in [-0.1, -0.05) is 25.7 Å². The maximum Gasteiger partial charge on any atom is 0.322 e. The first-order valence-corrected chi connectivity index (χ1v) is 6.35. The molecule has 4 N–H and O–H groups in total. The summed E-state index contributed by atoms with van der Waals surface area (Å²) in [6.45, 7) is 0. The van der Waals surface area contributed by atoms with Crippen LogP contribution in [0.1, 0.15) is 38.5 Å². The molecule has 1 aliphatic carbocycles. The van der Waals surface area contributed by atoms with E-state index in [0.717, 1.165) is 12.8 Å². The van der Waals surface area contributed by atoms with Crippen LogP contribution in [0, 0.1) is 0 Å². The number of ether oxygens (including phenoxy) is 1. The summed E-state index contributed by atoms with van der Waals surface area (Å²) in [6, 6.07) is 0.680. The SMILES string of the molecule is COc1nc(NN)nc(NC2CCCCCC2)n1. The first-order valence-electron chi connectivity index (χ1n) is 6.35. The minimum atomic E-state index is 0.258. The number of nitrogens with two attached hydrogens (primary N) is 1. The second-order valence-corrected chi connectivity index (χ2v) is 4.45. The molecule has 0 aromatic carbocycles. The highest BCUT2D eigenvalue weighted by Crippen LogP contribution is 2.20. The summed E-state index contributed by atoms with van der Waals surface area (Å²) in [6.07, 6.45) is 7.44. The van der Waals surface area contributed by atoms with Crippen LogP contribution in [-0.2, 0) is 0 Å². The third-order valence-electron chi connectivity index (χ3n) is 3.11. The van der Waals surface area contributed by atoms with E-state index in [1.165, 1.54) is 32.8 Å². The molecule has 2 rings (SSSR count). The highest BCUT2D eigenvalue weighted by Gasteiger charge is 2.14. The lowest BCUT2D eigenvalue weighted by Gasteiger charge is -2.16. The first-order chi connectivity index (χ1) is 8.81. The zero-order chi connectivity index (χ0) is 12.8. The lowest BCUT2D eigenvalue weighted by Crippen LogP contribution is -2.21. The summed E-state index contributed by atoms with van der Waals surface area (Å²) in [5.41, 5.74) is 2.41. The highest BCUT2D eigenvalue weighted by molar-refractivity contribution is 5.35. The van der Waals surface area contributed by atoms with Gasteiger partial charge < -0.3 is 10.1 Å². The molecule has 0 saturated heterocycles. The van der Waals surface area contributed by atoms with Gasteiger partial charge in [0.15, 0.2) is 0 Å². The predicted octanol–water partition coefficient (Wildman–Crippen LogP) is 1.30. The van der Waals surface area contributed by atoms with Crippen molar-refractivity contribution in [1.29, 1.82) is 0 Å². The van der Waals surface area contributed by atoms with E-state index in [0.29, 0.717) is 17.9 Å². The molecule has 0 amide bonds. The molecule has 0 unspecified atom stereocenters. The summed E-state index contributed by atoms with van der Waals surface area (Å²) in [7, 11) is 1.52. The van der Waals surface area contributed by atoms with E-state index < -0.39 is 0 Å². The molecule has 100 valence electrons. The van der Waals surface area contributed by atoms with Crippen molar-refractivity contribution in [3.05, 3.63) is 0 Å². The van der Waals surface area contributed by atoms with Crippen LogP contribution in [0.25, 0.3) is 0 Å². The summed E-state index contributed by atoms with van der Waals surface area (Å²) in [4.78, 5) is 12.3. The summed E-state index contributed by atoms with van der Waals surface area (Å²) >= 11 is 0. The third-order valence-corrected chi connectivity index (χ3v) is 3.11. The summed E-state index contributed by atoms with van der Waals surface area (Å²) in [5.74, 6) is 6.13. The Bertz CT molecular complexity index is 356. The third kappa shape index (κ3) is 3.43. The number of hydrogen-bond acceptors (Lipinski definition) is 7. The molecule has 1 aromatic heterocycles. The Morgan fingerprint density at radius 1 is 1.06 bits per heavy atom. The minimum Gasteiger partial charge on any atom is -0.467 e. The molecule has 0 atom stereocenters. The van der Waals surface area contributed by atoms with Crippen molar-refractivity contribution in [2.75, 3.05) is 17.9 Å². The zero-order valence-corrected chi connectivity index (χ0v) is 10.6. The lowest BCUT2D eigenvalue weighted by molar-refractivity contribution is 0.379. The Kier molecular flexibility index (Phi) is 4.52. The fraction of sp³-hybridized carbons (Fsp3) is 0.727. The Hall–Kier alpha value is -1.63. The van der Waals surface area contributed by atoms with E-state index in [1.807, 2.05) is 0 Å². The molecule has 7 nitrogen and oxygen atoms in total. The molecule has 1 saturated carbocycles. The Balaban J connectivity index is 2.06. The molecule has 0 radical (unpaired) electrons. The Morgan fingerprint density at radius 3 is 2.33 bits per heavy atom. The Labute approximate surface area is 107 Å². The molecule has 1 fully saturated rings. The van der Waals surface area contributed by atoms with Crippen LogP contribution in [0.15, 0.2) is 0 Å². The number of anilines is 2. The second-order valence-electron chi connectivity index (χ2n) is 4.45. The van der Waals surface area contributed by atoms with Crippen LogP contribution in [0.3, 0.4) is 0 Å². The van der Waals surface area contributed by atoms with Gasteiger partial charge in [-0.2, -0.15) is 15.0 Å². The number of hydrazine groups is 1. The van der Waals surface area contributed by atoms with Gasteiger partial charge in [0, 0.05) is 6.04 Å². The van der Waals surface area contributed by atoms with Gasteiger partial charge in [-0.15, -0.1) is 0 Å². The van der Waals surface area contributed by atoms with Gasteiger partial charge in [0.2, 0.25) is 11.9 Å². The average Bonchev–Trinajstić information content (AvgIpc) is 2.67. The molecule has 18 heavy (non-hydrogen) atoms. The van der Waals surface area contributed by atoms with Gasteiger partial charge in [0.1, 0.15) is 0 Å². The number of rotatable bonds is 4. The van der Waals surface area contributed by atoms with Gasteiger partial charge in [0.25, 0.3) is 0 Å². The zero-order valence-electron chi connectivity index (χ0n) is 10.6. The molecule has 7 heteroatoms. The van der Waals surface area contributed by atoms with Crippen molar-refractivity contribution >= 4 is 11.9 Å². The predicted molar refractivity (Wildman–Crippen MR) is 69.3 cm³/mol. The van der Waals surface area contributed by atoms with E-state index in [4.69, 9.17) is 10.6 Å². The lowest BCUT2D eigenvalue weighted by atomic mass is 10.1. The first kappa shape index (κ1) is 12.8. The molecule has 1 heterocycles. The van der Waals surface area contributed by atoms with Crippen LogP contribution in [0.2, 0.25) is 0 Å². The monoisotopic (exact) mass is 252 g/mol. The van der Waals surface area contributed by atoms with E-state index >= 15 is 0 Å². The normalized spacial score (nSPS) is 17.0. The molecule has 0 bridgehead atoms. The van der Waals surface area contributed by atoms with Gasteiger partial charge in [-0.3, -0.25) is 5.43 Å². The number of nitrogens with one attached hydrogen (secondary N) is 2. The van der Waals surface area contributed by atoms with Gasteiger partial charge in [-0.25, -0.2) is 5.84 Å². The molecular weight excluding hydrogens is 232 g/mol. The van der Waals surface area contributed by atoms with Crippen LogP contribution in [0.4, 0.5) is 11.9 Å². The van der Waals surface area contributed by atoms with E-state index in [-0.39, 0.29) is 6.01 Å². The van der Waals surface area contributed by atoms with Crippen molar-refractivity contribution in [3.8, 4) is 6.01 Å². The number of hydrogen-bond donors (Lipinski definition) is 3. The largest absolute Gasteiger partial charge is 0.467 e. The maximum atomic E-state index is 5.31. The number of methoxy groups -OCH3 is 1. The van der Waals surface area contributed by atoms with E-state index in [2.05, 4.69) is 25.7 Å². The van der Waals surface area contributed by atoms with Crippen LogP contribution in [-0.4, -0.2) is 28.1 Å². The minimum absolute atomic E-state index is 0.258. The molecular formula is C11H20N6O. The second kappa shape index (κ2) is 6.34. The van der Waals surface area contributed by atoms with Gasteiger partial charge in [0.05, 0.1) is 7.11 Å². The summed E-state index contributed by atoms with van der Waals surface area (Å²) in [5, 5.41) is 3.33. The smallest absolute Gasteiger partial charge is 0.322 e. The van der Waals surface area contributed by atoms with E-state index in [1.54, 1.807) is 0 Å². The molecule has 0 spiro atoms. The van der Waals surface area contributed by atoms with Crippen molar-refractivity contribution in [3.63, 3.8) is 0 Å². The highest BCUT2D eigenvalue weighted by atomic mass is 16.5. The number of nitrogens with zero attached hydrogens (tertiary/aromatic N) is 3.